The second kappa shape index (κ2) is 8.36. The fourth-order valence-electron chi connectivity index (χ4n) is 2.84. The van der Waals surface area contributed by atoms with E-state index >= 15 is 0 Å². The number of carbonyl (C=O) groups is 2. The van der Waals surface area contributed by atoms with Crippen molar-refractivity contribution < 1.29 is 22.7 Å². The maximum atomic E-state index is 13.1. The van der Waals surface area contributed by atoms with E-state index in [-0.39, 0.29) is 17.3 Å². The first kappa shape index (κ1) is 20.4. The Morgan fingerprint density at radius 2 is 1.66 bits per heavy atom. The van der Waals surface area contributed by atoms with Gasteiger partial charge in [0.15, 0.2) is 15.6 Å². The zero-order valence-corrected chi connectivity index (χ0v) is 16.8. The number of rotatable bonds is 6. The molecule has 0 saturated carbocycles. The fraction of sp³-hybridized carbons (Fsp3) is 0.136. The first-order chi connectivity index (χ1) is 13.8. The lowest BCUT2D eigenvalue weighted by atomic mass is 9.97. The van der Waals surface area contributed by atoms with Gasteiger partial charge in [0.05, 0.1) is 22.8 Å². The Hall–Kier alpha value is -3.32. The molecule has 0 N–H and O–H groups in total. The largest absolute Gasteiger partial charge is 0.462 e. The molecule has 0 atom stereocenters. The Kier molecular flexibility index (Phi) is 5.89. The normalized spacial score (nSPS) is 11.1. The lowest BCUT2D eigenvalue weighted by molar-refractivity contribution is 0.0526. The van der Waals surface area contributed by atoms with Crippen LogP contribution in [0.4, 0.5) is 0 Å². The van der Waals surface area contributed by atoms with Crippen molar-refractivity contribution >= 4 is 21.6 Å². The molecule has 6 nitrogen and oxygen atoms in total. The summed E-state index contributed by atoms with van der Waals surface area (Å²) in [6.07, 6.45) is 2.69. The number of pyridine rings is 1. The van der Waals surface area contributed by atoms with Crippen LogP contribution >= 0.6 is 0 Å². The molecule has 0 unspecified atom stereocenters. The summed E-state index contributed by atoms with van der Waals surface area (Å²) in [6, 6.07) is 15.8. The van der Waals surface area contributed by atoms with Crippen LogP contribution in [0.2, 0.25) is 0 Å². The third-order valence-corrected chi connectivity index (χ3v) is 5.37. The van der Waals surface area contributed by atoms with Crippen LogP contribution in [0.3, 0.4) is 0 Å². The Morgan fingerprint density at radius 3 is 2.31 bits per heavy atom. The topological polar surface area (TPSA) is 90.4 Å². The van der Waals surface area contributed by atoms with Crippen LogP contribution < -0.4 is 0 Å². The molecule has 0 aliphatic heterocycles. The Morgan fingerprint density at radius 1 is 0.966 bits per heavy atom. The van der Waals surface area contributed by atoms with Gasteiger partial charge in [0.2, 0.25) is 0 Å². The Bertz CT molecular complexity index is 1170. The Labute approximate surface area is 169 Å². The van der Waals surface area contributed by atoms with Gasteiger partial charge in [-0.1, -0.05) is 24.3 Å². The second-order valence-corrected chi connectivity index (χ2v) is 8.34. The van der Waals surface area contributed by atoms with Crippen molar-refractivity contribution in [2.45, 2.75) is 11.8 Å². The summed E-state index contributed by atoms with van der Waals surface area (Å²) in [5.41, 5.74) is 2.01. The molecule has 2 aromatic carbocycles. The van der Waals surface area contributed by atoms with Gasteiger partial charge >= 0.3 is 5.97 Å². The number of esters is 1. The predicted octanol–water partition coefficient (Wildman–Crippen LogP) is 3.56. The SMILES string of the molecule is CCOC(=O)c1cccc(C(=O)c2cccnc2-c2ccc(S(C)(=O)=O)cc2)c1. The zero-order valence-electron chi connectivity index (χ0n) is 16.0. The summed E-state index contributed by atoms with van der Waals surface area (Å²) in [7, 11) is -3.32. The van der Waals surface area contributed by atoms with Gasteiger partial charge in [0, 0.05) is 29.1 Å². The van der Waals surface area contributed by atoms with Crippen molar-refractivity contribution in [3.8, 4) is 11.3 Å². The van der Waals surface area contributed by atoms with Crippen molar-refractivity contribution in [1.29, 1.82) is 0 Å². The summed E-state index contributed by atoms with van der Waals surface area (Å²) in [5.74, 6) is -0.795. The molecule has 1 aromatic heterocycles. The maximum Gasteiger partial charge on any atom is 0.338 e. The van der Waals surface area contributed by atoms with Crippen LogP contribution in [-0.4, -0.2) is 38.0 Å². The van der Waals surface area contributed by atoms with Gasteiger partial charge in [0.1, 0.15) is 0 Å². The minimum Gasteiger partial charge on any atom is -0.462 e. The number of hydrogen-bond donors (Lipinski definition) is 0. The number of ketones is 1. The van der Waals surface area contributed by atoms with E-state index in [0.717, 1.165) is 6.26 Å². The van der Waals surface area contributed by atoms with Crippen LogP contribution in [-0.2, 0) is 14.6 Å². The minimum absolute atomic E-state index is 0.187. The molecule has 0 amide bonds. The van der Waals surface area contributed by atoms with E-state index in [1.165, 1.54) is 18.2 Å². The van der Waals surface area contributed by atoms with Crippen molar-refractivity contribution in [1.82, 2.24) is 4.98 Å². The van der Waals surface area contributed by atoms with Gasteiger partial charge in [-0.25, -0.2) is 13.2 Å². The molecule has 1 heterocycles. The average molecular weight is 409 g/mol. The molecule has 0 radical (unpaired) electrons. The molecule has 0 saturated heterocycles. The quantitative estimate of drug-likeness (QED) is 0.457. The highest BCUT2D eigenvalue weighted by Gasteiger charge is 2.18. The van der Waals surface area contributed by atoms with Gasteiger partial charge in [-0.2, -0.15) is 0 Å². The van der Waals surface area contributed by atoms with E-state index in [1.807, 2.05) is 0 Å². The number of sulfone groups is 1. The third kappa shape index (κ3) is 4.57. The van der Waals surface area contributed by atoms with Crippen molar-refractivity contribution in [2.75, 3.05) is 12.9 Å². The van der Waals surface area contributed by atoms with Crippen molar-refractivity contribution in [3.05, 3.63) is 83.6 Å². The number of ether oxygens (including phenoxy) is 1. The lowest BCUT2D eigenvalue weighted by Crippen LogP contribution is -2.09. The predicted molar refractivity (Wildman–Crippen MR) is 109 cm³/mol. The van der Waals surface area contributed by atoms with E-state index in [0.29, 0.717) is 27.9 Å². The van der Waals surface area contributed by atoms with Gasteiger partial charge in [0.25, 0.3) is 0 Å². The number of hydrogen-bond acceptors (Lipinski definition) is 6. The van der Waals surface area contributed by atoms with Crippen molar-refractivity contribution in [2.24, 2.45) is 0 Å². The highest BCUT2D eigenvalue weighted by atomic mass is 32.2. The Balaban J connectivity index is 2.00. The summed E-state index contributed by atoms with van der Waals surface area (Å²) >= 11 is 0. The molecule has 7 heteroatoms. The molecule has 148 valence electrons. The van der Waals surface area contributed by atoms with E-state index in [2.05, 4.69) is 4.98 Å². The molecular weight excluding hydrogens is 390 g/mol. The van der Waals surface area contributed by atoms with E-state index in [9.17, 15) is 18.0 Å². The molecule has 3 rings (SSSR count). The molecule has 0 aliphatic rings. The van der Waals surface area contributed by atoms with Gasteiger partial charge in [-0.15, -0.1) is 0 Å². The van der Waals surface area contributed by atoms with Crippen LogP contribution in [0.5, 0.6) is 0 Å². The van der Waals surface area contributed by atoms with Gasteiger partial charge in [-0.3, -0.25) is 9.78 Å². The first-order valence-corrected chi connectivity index (χ1v) is 10.8. The van der Waals surface area contributed by atoms with Crippen LogP contribution in [0.1, 0.15) is 33.2 Å². The summed E-state index contributed by atoms with van der Waals surface area (Å²) in [4.78, 5) is 29.6. The van der Waals surface area contributed by atoms with Crippen LogP contribution in [0, 0.1) is 0 Å². The molecule has 0 fully saturated rings. The highest BCUT2D eigenvalue weighted by Crippen LogP contribution is 2.25. The molecule has 29 heavy (non-hydrogen) atoms. The monoisotopic (exact) mass is 409 g/mol. The highest BCUT2D eigenvalue weighted by molar-refractivity contribution is 7.90. The summed E-state index contributed by atoms with van der Waals surface area (Å²) in [5, 5.41) is 0. The number of carbonyl (C=O) groups excluding carboxylic acids is 2. The molecule has 0 aliphatic carbocycles. The first-order valence-electron chi connectivity index (χ1n) is 8.88. The molecular formula is C22H19NO5S. The van der Waals surface area contributed by atoms with E-state index < -0.39 is 15.8 Å². The standard InChI is InChI=1S/C22H19NO5S/c1-3-28-22(25)17-7-4-6-16(14-17)21(24)19-8-5-13-23-20(19)15-9-11-18(12-10-15)29(2,26)27/h4-14H,3H2,1-2H3. The molecule has 3 aromatic rings. The molecule has 0 spiro atoms. The molecule has 0 bridgehead atoms. The van der Waals surface area contributed by atoms with Gasteiger partial charge in [-0.05, 0) is 43.3 Å². The number of nitrogens with zero attached hydrogens (tertiary/aromatic N) is 1. The van der Waals surface area contributed by atoms with Crippen LogP contribution in [0.25, 0.3) is 11.3 Å². The van der Waals surface area contributed by atoms with Crippen LogP contribution in [0.15, 0.2) is 71.8 Å². The second-order valence-electron chi connectivity index (χ2n) is 6.33. The minimum atomic E-state index is -3.32. The average Bonchev–Trinajstić information content (AvgIpc) is 2.73. The van der Waals surface area contributed by atoms with E-state index in [1.54, 1.807) is 55.6 Å². The summed E-state index contributed by atoms with van der Waals surface area (Å²) < 4.78 is 28.3. The number of benzene rings is 2. The van der Waals surface area contributed by atoms with Crippen molar-refractivity contribution in [3.63, 3.8) is 0 Å². The number of aromatic nitrogens is 1. The van der Waals surface area contributed by atoms with Gasteiger partial charge < -0.3 is 4.74 Å². The third-order valence-electron chi connectivity index (χ3n) is 4.24. The van der Waals surface area contributed by atoms with E-state index in [4.69, 9.17) is 4.74 Å². The maximum absolute atomic E-state index is 13.1. The lowest BCUT2D eigenvalue weighted by Gasteiger charge is -2.09. The summed E-state index contributed by atoms with van der Waals surface area (Å²) in [6.45, 7) is 1.96. The fourth-order valence-corrected chi connectivity index (χ4v) is 3.47. The smallest absolute Gasteiger partial charge is 0.338 e. The zero-order chi connectivity index (χ0) is 21.0.